The molecule has 6 nitrogen and oxygen atoms in total. The molecular formula is C22H37IN4O2. The number of halogens is 1. The van der Waals surface area contributed by atoms with Crippen molar-refractivity contribution in [1.82, 2.24) is 15.5 Å². The Hall–Kier alpha value is -1.22. The summed E-state index contributed by atoms with van der Waals surface area (Å²) in [6, 6.07) is 7.31. The highest BCUT2D eigenvalue weighted by Gasteiger charge is 2.30. The molecule has 29 heavy (non-hydrogen) atoms. The van der Waals surface area contributed by atoms with Gasteiger partial charge in [0.25, 0.3) is 0 Å². The van der Waals surface area contributed by atoms with Gasteiger partial charge in [0, 0.05) is 31.7 Å². The Bertz CT molecular complexity index is 650. The number of guanidine groups is 1. The van der Waals surface area contributed by atoms with Gasteiger partial charge in [0.2, 0.25) is 0 Å². The second-order valence-corrected chi connectivity index (χ2v) is 7.68. The van der Waals surface area contributed by atoms with Gasteiger partial charge in [-0.15, -0.1) is 24.0 Å². The van der Waals surface area contributed by atoms with Crippen molar-refractivity contribution in [1.29, 1.82) is 0 Å². The molecular weight excluding hydrogens is 479 g/mol. The number of nitrogens with zero attached hydrogens (tertiary/aromatic N) is 2. The first-order valence-corrected chi connectivity index (χ1v) is 10.8. The fraction of sp³-hybridized carbons (Fsp3) is 0.682. The molecule has 164 valence electrons. The van der Waals surface area contributed by atoms with Crippen LogP contribution < -0.4 is 20.1 Å². The van der Waals surface area contributed by atoms with Crippen LogP contribution in [0.2, 0.25) is 0 Å². The Morgan fingerprint density at radius 1 is 1.17 bits per heavy atom. The standard InChI is InChI=1S/C22H36N4O2.HI/c1-4-23-22(25-18-12-13-26(16-18)19-8-6-7-9-19)24-15-17-10-11-20(28-5-2)21(14-17)27-3;/h10-11,14,18-19H,4-9,12-13,15-16H2,1-3H3,(H2,23,24,25);1H. The van der Waals surface area contributed by atoms with E-state index in [1.165, 1.54) is 38.6 Å². The molecule has 1 aromatic carbocycles. The van der Waals surface area contributed by atoms with Gasteiger partial charge in [0.15, 0.2) is 17.5 Å². The highest BCUT2D eigenvalue weighted by atomic mass is 127. The lowest BCUT2D eigenvalue weighted by molar-refractivity contribution is 0.242. The summed E-state index contributed by atoms with van der Waals surface area (Å²) < 4.78 is 11.0. The third kappa shape index (κ3) is 6.91. The average Bonchev–Trinajstić information content (AvgIpc) is 3.39. The van der Waals surface area contributed by atoms with Gasteiger partial charge in [-0.3, -0.25) is 4.90 Å². The fourth-order valence-corrected chi connectivity index (χ4v) is 4.27. The molecule has 1 atom stereocenters. The lowest BCUT2D eigenvalue weighted by atomic mass is 10.2. The maximum Gasteiger partial charge on any atom is 0.191 e. The van der Waals surface area contributed by atoms with Crippen molar-refractivity contribution in [2.75, 3.05) is 33.4 Å². The Kier molecular flexibility index (Phi) is 10.3. The van der Waals surface area contributed by atoms with E-state index in [1.54, 1.807) is 7.11 Å². The van der Waals surface area contributed by atoms with Crippen molar-refractivity contribution in [3.63, 3.8) is 0 Å². The van der Waals surface area contributed by atoms with Gasteiger partial charge in [-0.25, -0.2) is 4.99 Å². The van der Waals surface area contributed by atoms with Crippen LogP contribution in [0.5, 0.6) is 11.5 Å². The molecule has 2 N–H and O–H groups in total. The lowest BCUT2D eigenvalue weighted by Gasteiger charge is -2.24. The Labute approximate surface area is 192 Å². The number of hydrogen-bond acceptors (Lipinski definition) is 4. The van der Waals surface area contributed by atoms with Gasteiger partial charge in [-0.05, 0) is 50.8 Å². The van der Waals surface area contributed by atoms with E-state index < -0.39 is 0 Å². The number of hydrogen-bond donors (Lipinski definition) is 2. The predicted molar refractivity (Wildman–Crippen MR) is 130 cm³/mol. The number of aliphatic imine (C=N–C) groups is 1. The molecule has 1 saturated carbocycles. The zero-order chi connectivity index (χ0) is 19.8. The molecule has 0 bridgehead atoms. The maximum absolute atomic E-state index is 5.60. The molecule has 2 fully saturated rings. The topological polar surface area (TPSA) is 58.1 Å². The van der Waals surface area contributed by atoms with Gasteiger partial charge in [0.05, 0.1) is 20.3 Å². The molecule has 1 unspecified atom stereocenters. The van der Waals surface area contributed by atoms with Crippen LogP contribution in [0.15, 0.2) is 23.2 Å². The zero-order valence-corrected chi connectivity index (χ0v) is 20.4. The van der Waals surface area contributed by atoms with E-state index in [9.17, 15) is 0 Å². The van der Waals surface area contributed by atoms with Gasteiger partial charge < -0.3 is 20.1 Å². The van der Waals surface area contributed by atoms with Crippen LogP contribution in [0, 0.1) is 0 Å². The summed E-state index contributed by atoms with van der Waals surface area (Å²) in [4.78, 5) is 7.47. The van der Waals surface area contributed by atoms with Gasteiger partial charge in [-0.2, -0.15) is 0 Å². The summed E-state index contributed by atoms with van der Waals surface area (Å²) in [5.41, 5.74) is 1.11. The largest absolute Gasteiger partial charge is 0.493 e. The monoisotopic (exact) mass is 516 g/mol. The highest BCUT2D eigenvalue weighted by molar-refractivity contribution is 14.0. The van der Waals surface area contributed by atoms with Crippen molar-refractivity contribution < 1.29 is 9.47 Å². The summed E-state index contributed by atoms with van der Waals surface area (Å²) >= 11 is 0. The normalized spacial score (nSPS) is 20.4. The molecule has 2 aliphatic rings. The van der Waals surface area contributed by atoms with E-state index >= 15 is 0 Å². The van der Waals surface area contributed by atoms with Gasteiger partial charge in [0.1, 0.15) is 0 Å². The third-order valence-electron chi connectivity index (χ3n) is 5.69. The number of ether oxygens (including phenoxy) is 2. The first-order chi connectivity index (χ1) is 13.7. The minimum atomic E-state index is 0. The summed E-state index contributed by atoms with van der Waals surface area (Å²) in [7, 11) is 1.67. The van der Waals surface area contributed by atoms with Crippen LogP contribution in [0.4, 0.5) is 0 Å². The zero-order valence-electron chi connectivity index (χ0n) is 18.1. The quantitative estimate of drug-likeness (QED) is 0.313. The summed E-state index contributed by atoms with van der Waals surface area (Å²) in [5.74, 6) is 2.44. The molecule has 1 aromatic rings. The van der Waals surface area contributed by atoms with Crippen molar-refractivity contribution >= 4 is 29.9 Å². The fourth-order valence-electron chi connectivity index (χ4n) is 4.27. The predicted octanol–water partition coefficient (Wildman–Crippen LogP) is 3.78. The first kappa shape index (κ1) is 24.1. The lowest BCUT2D eigenvalue weighted by Crippen LogP contribution is -2.45. The van der Waals surface area contributed by atoms with E-state index in [0.717, 1.165) is 42.2 Å². The second-order valence-electron chi connectivity index (χ2n) is 7.68. The van der Waals surface area contributed by atoms with Crippen LogP contribution >= 0.6 is 24.0 Å². The van der Waals surface area contributed by atoms with Crippen LogP contribution in [-0.4, -0.2) is 56.3 Å². The van der Waals surface area contributed by atoms with Crippen LogP contribution in [0.3, 0.4) is 0 Å². The molecule has 0 radical (unpaired) electrons. The molecule has 1 saturated heterocycles. The van der Waals surface area contributed by atoms with Gasteiger partial charge >= 0.3 is 0 Å². The van der Waals surface area contributed by atoms with Crippen LogP contribution in [-0.2, 0) is 6.54 Å². The van der Waals surface area contributed by atoms with E-state index in [-0.39, 0.29) is 24.0 Å². The SMILES string of the molecule is CCNC(=NCc1ccc(OCC)c(OC)c1)NC1CCN(C2CCCC2)C1.I. The third-order valence-corrected chi connectivity index (χ3v) is 5.69. The summed E-state index contributed by atoms with van der Waals surface area (Å²) in [5, 5.41) is 7.03. The Morgan fingerprint density at radius 3 is 2.66 bits per heavy atom. The van der Waals surface area contributed by atoms with E-state index in [4.69, 9.17) is 14.5 Å². The molecule has 0 aromatic heterocycles. The smallest absolute Gasteiger partial charge is 0.191 e. The van der Waals surface area contributed by atoms with Crippen LogP contribution in [0.1, 0.15) is 51.5 Å². The Morgan fingerprint density at radius 2 is 1.97 bits per heavy atom. The maximum atomic E-state index is 5.60. The van der Waals surface area contributed by atoms with E-state index in [1.807, 2.05) is 19.1 Å². The average molecular weight is 516 g/mol. The van der Waals surface area contributed by atoms with Gasteiger partial charge in [-0.1, -0.05) is 18.9 Å². The van der Waals surface area contributed by atoms with E-state index in [2.05, 4.69) is 28.5 Å². The number of benzene rings is 1. The minimum absolute atomic E-state index is 0. The van der Waals surface area contributed by atoms with E-state index in [0.29, 0.717) is 19.2 Å². The molecule has 1 heterocycles. The highest BCUT2D eigenvalue weighted by Crippen LogP contribution is 2.28. The molecule has 3 rings (SSSR count). The molecule has 1 aliphatic carbocycles. The minimum Gasteiger partial charge on any atom is -0.493 e. The molecule has 0 amide bonds. The molecule has 1 aliphatic heterocycles. The van der Waals surface area contributed by atoms with Crippen molar-refractivity contribution in [2.45, 2.75) is 64.6 Å². The molecule has 7 heteroatoms. The number of rotatable bonds is 8. The van der Waals surface area contributed by atoms with Crippen molar-refractivity contribution in [3.05, 3.63) is 23.8 Å². The summed E-state index contributed by atoms with van der Waals surface area (Å²) in [6.07, 6.45) is 6.74. The second kappa shape index (κ2) is 12.5. The Balaban J connectivity index is 0.00000300. The first-order valence-electron chi connectivity index (χ1n) is 10.8. The van der Waals surface area contributed by atoms with Crippen molar-refractivity contribution in [2.24, 2.45) is 4.99 Å². The number of likely N-dealkylation sites (tertiary alicyclic amines) is 1. The number of nitrogens with one attached hydrogen (secondary N) is 2. The molecule has 0 spiro atoms. The van der Waals surface area contributed by atoms with Crippen molar-refractivity contribution in [3.8, 4) is 11.5 Å². The number of methoxy groups -OCH3 is 1. The summed E-state index contributed by atoms with van der Waals surface area (Å²) in [6.45, 7) is 8.51. The van der Waals surface area contributed by atoms with Crippen LogP contribution in [0.25, 0.3) is 0 Å².